The van der Waals surface area contributed by atoms with E-state index in [4.69, 9.17) is 20.9 Å². The number of rotatable bonds is 9. The van der Waals surface area contributed by atoms with Gasteiger partial charge in [0.1, 0.15) is 11.9 Å². The molecule has 5 unspecified atom stereocenters. The summed E-state index contributed by atoms with van der Waals surface area (Å²) in [5.41, 5.74) is 12.3. The number of amidine groups is 1. The molecule has 11 nitrogen and oxygen atoms in total. The molecule has 244 valence electrons. The van der Waals surface area contributed by atoms with Crippen LogP contribution < -0.4 is 22.1 Å². The molecule has 0 bridgehead atoms. The van der Waals surface area contributed by atoms with Gasteiger partial charge in [-0.25, -0.2) is 4.79 Å². The fourth-order valence-electron chi connectivity index (χ4n) is 8.80. The second kappa shape index (κ2) is 15.3. The van der Waals surface area contributed by atoms with Crippen molar-refractivity contribution in [1.29, 1.82) is 0 Å². The maximum Gasteiger partial charge on any atom is 0.407 e. The van der Waals surface area contributed by atoms with E-state index in [2.05, 4.69) is 20.7 Å². The van der Waals surface area contributed by atoms with Gasteiger partial charge in [-0.15, -0.1) is 0 Å². The minimum Gasteiger partial charge on any atom is -0.450 e. The first-order chi connectivity index (χ1) is 20.9. The van der Waals surface area contributed by atoms with Crippen molar-refractivity contribution in [3.8, 4) is 0 Å². The van der Waals surface area contributed by atoms with E-state index in [9.17, 15) is 14.8 Å². The monoisotopic (exact) mass is 604 g/mol. The number of fused-ring (bicyclic) bond motifs is 1. The van der Waals surface area contributed by atoms with E-state index < -0.39 is 12.1 Å². The number of carbonyl (C=O) groups excluding carboxylic acids is 2. The Bertz CT molecular complexity index is 945. The van der Waals surface area contributed by atoms with Crippen LogP contribution in [0.5, 0.6) is 0 Å². The number of alkyl carbamates (subject to hydrolysis) is 1. The Morgan fingerprint density at radius 1 is 0.907 bits per heavy atom. The molecule has 7 N–H and O–H groups in total. The zero-order valence-electron chi connectivity index (χ0n) is 26.1. The molecular formula is C32H56N6O5. The number of hydrogen-bond donors (Lipinski definition) is 5. The van der Waals surface area contributed by atoms with Crippen molar-refractivity contribution in [3.05, 3.63) is 0 Å². The molecule has 5 rings (SSSR count). The van der Waals surface area contributed by atoms with E-state index in [-0.39, 0.29) is 54.4 Å². The zero-order chi connectivity index (χ0) is 30.3. The second-order valence-corrected chi connectivity index (χ2v) is 14.0. The number of likely N-dealkylation sites (tertiary alicyclic amines) is 1. The van der Waals surface area contributed by atoms with Crippen LogP contribution >= 0.6 is 0 Å². The summed E-state index contributed by atoms with van der Waals surface area (Å²) < 4.78 is 11.8. The number of amides is 2. The van der Waals surface area contributed by atoms with Gasteiger partial charge in [0.2, 0.25) is 5.91 Å². The van der Waals surface area contributed by atoms with E-state index in [1.54, 1.807) is 6.92 Å². The number of nitrogens with two attached hydrogens (primary N) is 2. The Morgan fingerprint density at radius 2 is 1.60 bits per heavy atom. The van der Waals surface area contributed by atoms with Gasteiger partial charge in [0, 0.05) is 30.6 Å². The molecular weight excluding hydrogens is 548 g/mol. The summed E-state index contributed by atoms with van der Waals surface area (Å²) in [4.78, 5) is 29.4. The topological polar surface area (TPSA) is 165 Å². The van der Waals surface area contributed by atoms with Gasteiger partial charge in [-0.2, -0.15) is 0 Å². The molecule has 4 aliphatic carbocycles. The Balaban J connectivity index is 1.33. The lowest BCUT2D eigenvalue weighted by Gasteiger charge is -2.40. The Kier molecular flexibility index (Phi) is 11.5. The number of nitrogens with zero attached hydrogens (tertiary/aromatic N) is 2. The van der Waals surface area contributed by atoms with E-state index in [0.717, 1.165) is 70.8 Å². The number of nitrogens with one attached hydrogen (secondary N) is 2. The molecule has 0 radical (unpaired) electrons. The zero-order valence-corrected chi connectivity index (χ0v) is 26.1. The smallest absolute Gasteiger partial charge is 0.407 e. The summed E-state index contributed by atoms with van der Waals surface area (Å²) in [7, 11) is 0. The molecule has 0 aromatic carbocycles. The van der Waals surface area contributed by atoms with Crippen LogP contribution in [0.15, 0.2) is 5.16 Å². The highest BCUT2D eigenvalue weighted by molar-refractivity contribution is 5.85. The minimum atomic E-state index is -0.503. The van der Waals surface area contributed by atoms with Crippen LogP contribution in [0.1, 0.15) is 110 Å². The van der Waals surface area contributed by atoms with Crippen LogP contribution in [-0.4, -0.2) is 83.5 Å². The van der Waals surface area contributed by atoms with Crippen molar-refractivity contribution in [1.82, 2.24) is 15.5 Å². The fourth-order valence-corrected chi connectivity index (χ4v) is 8.80. The third kappa shape index (κ3) is 8.14. The number of hydrogen-bond acceptors (Lipinski definition) is 8. The lowest BCUT2D eigenvalue weighted by molar-refractivity contribution is -0.128. The molecule has 5 aliphatic rings. The number of oxime groups is 1. The predicted octanol–water partition coefficient (Wildman–Crippen LogP) is 3.61. The van der Waals surface area contributed by atoms with Crippen molar-refractivity contribution >= 4 is 17.8 Å². The number of carbonyl (C=O) groups is 2. The standard InChI is InChI=1S/C32H56N6O5/c1-2-42-32(40)36-28-26-17-10-21(30(34)37-41)18-27(26)38(29(28)31(39)35-23-13-11-22(33)12-14-23)19-20-8-15-25(16-9-20)43-24-6-4-3-5-7-24/h20-29,41H,2-19,33H2,1H3,(H2,34,37)(H,35,39)(H,36,40). The summed E-state index contributed by atoms with van der Waals surface area (Å²) in [5, 5.41) is 19.3. The van der Waals surface area contributed by atoms with Gasteiger partial charge in [0.25, 0.3) is 0 Å². The van der Waals surface area contributed by atoms with Crippen molar-refractivity contribution in [2.45, 2.75) is 152 Å². The molecule has 11 heteroatoms. The van der Waals surface area contributed by atoms with Crippen LogP contribution in [0.3, 0.4) is 0 Å². The summed E-state index contributed by atoms with van der Waals surface area (Å²) in [6.07, 6.45) is 16.6. The summed E-state index contributed by atoms with van der Waals surface area (Å²) in [5.74, 6) is 0.693. The molecule has 0 spiro atoms. The highest BCUT2D eigenvalue weighted by atomic mass is 16.5. The lowest BCUT2D eigenvalue weighted by Crippen LogP contribution is -2.57. The van der Waals surface area contributed by atoms with Crippen molar-refractivity contribution in [3.63, 3.8) is 0 Å². The Labute approximate surface area is 257 Å². The molecule has 5 atom stereocenters. The molecule has 0 aromatic rings. The molecule has 5 fully saturated rings. The Hall–Kier alpha value is -2.11. The highest BCUT2D eigenvalue weighted by Gasteiger charge is 2.55. The third-order valence-electron chi connectivity index (χ3n) is 11.1. The second-order valence-electron chi connectivity index (χ2n) is 14.0. The molecule has 43 heavy (non-hydrogen) atoms. The summed E-state index contributed by atoms with van der Waals surface area (Å²) in [6.45, 7) is 2.85. The average molecular weight is 605 g/mol. The van der Waals surface area contributed by atoms with Gasteiger partial charge in [0.15, 0.2) is 0 Å². The molecule has 4 saturated carbocycles. The first-order valence-corrected chi connectivity index (χ1v) is 17.2. The van der Waals surface area contributed by atoms with Crippen LogP contribution in [0.25, 0.3) is 0 Å². The van der Waals surface area contributed by atoms with E-state index >= 15 is 0 Å². The quantitative estimate of drug-likeness (QED) is 0.115. The molecule has 2 amide bonds. The van der Waals surface area contributed by atoms with Gasteiger partial charge < -0.3 is 36.8 Å². The van der Waals surface area contributed by atoms with Crippen LogP contribution in [0, 0.1) is 17.8 Å². The first kappa shape index (κ1) is 32.3. The van der Waals surface area contributed by atoms with E-state index in [1.807, 2.05) is 0 Å². The maximum atomic E-state index is 14.2. The van der Waals surface area contributed by atoms with Crippen molar-refractivity contribution in [2.24, 2.45) is 34.4 Å². The van der Waals surface area contributed by atoms with E-state index in [0.29, 0.717) is 24.5 Å². The Morgan fingerprint density at radius 3 is 2.28 bits per heavy atom. The van der Waals surface area contributed by atoms with Gasteiger partial charge in [0.05, 0.1) is 24.9 Å². The van der Waals surface area contributed by atoms with Crippen LogP contribution in [0.4, 0.5) is 4.79 Å². The largest absolute Gasteiger partial charge is 0.450 e. The third-order valence-corrected chi connectivity index (χ3v) is 11.1. The number of ether oxygens (including phenoxy) is 2. The highest BCUT2D eigenvalue weighted by Crippen LogP contribution is 2.44. The van der Waals surface area contributed by atoms with Gasteiger partial charge in [-0.3, -0.25) is 9.69 Å². The molecule has 1 saturated heterocycles. The van der Waals surface area contributed by atoms with Crippen LogP contribution in [-0.2, 0) is 14.3 Å². The van der Waals surface area contributed by atoms with Gasteiger partial charge >= 0.3 is 6.09 Å². The van der Waals surface area contributed by atoms with E-state index in [1.165, 1.54) is 32.1 Å². The summed E-state index contributed by atoms with van der Waals surface area (Å²) in [6, 6.07) is -0.536. The molecule has 1 heterocycles. The lowest BCUT2D eigenvalue weighted by atomic mass is 9.76. The molecule has 0 aromatic heterocycles. The van der Waals surface area contributed by atoms with Crippen molar-refractivity contribution in [2.75, 3.05) is 13.2 Å². The predicted molar refractivity (Wildman–Crippen MR) is 165 cm³/mol. The van der Waals surface area contributed by atoms with Crippen molar-refractivity contribution < 1.29 is 24.3 Å². The van der Waals surface area contributed by atoms with Crippen LogP contribution in [0.2, 0.25) is 0 Å². The SMILES string of the molecule is CCOC(=O)NC1C2CCC(/C(N)=N/O)CC2N(CC2CCC(OC3CCCCC3)CC2)C1C(=O)NC1CCC(N)CC1. The fraction of sp³-hybridized carbons (Fsp3) is 0.906. The average Bonchev–Trinajstić information content (AvgIpc) is 3.31. The van der Waals surface area contributed by atoms with Gasteiger partial charge in [-0.05, 0) is 102 Å². The minimum absolute atomic E-state index is 0.0219. The normalized spacial score (nSPS) is 37.8. The maximum absolute atomic E-state index is 14.2. The first-order valence-electron chi connectivity index (χ1n) is 17.2. The molecule has 1 aliphatic heterocycles. The summed E-state index contributed by atoms with van der Waals surface area (Å²) >= 11 is 0. The van der Waals surface area contributed by atoms with Gasteiger partial charge in [-0.1, -0.05) is 24.4 Å².